The van der Waals surface area contributed by atoms with Gasteiger partial charge in [0.15, 0.2) is 0 Å². The number of hydrogen-bond donors (Lipinski definition) is 0. The Hall–Kier alpha value is 0.0400. The standard InChI is InChI=1S/C7H5ClIO/c1-10-5-2-3-6(8)7(9)4-5/h3-4H,1H3. The van der Waals surface area contributed by atoms with E-state index in [1.54, 1.807) is 13.2 Å². The van der Waals surface area contributed by atoms with E-state index < -0.39 is 0 Å². The van der Waals surface area contributed by atoms with Crippen LogP contribution in [0.1, 0.15) is 0 Å². The van der Waals surface area contributed by atoms with Gasteiger partial charge in [-0.1, -0.05) is 11.6 Å². The molecule has 0 heterocycles. The Morgan fingerprint density at radius 3 is 2.90 bits per heavy atom. The van der Waals surface area contributed by atoms with E-state index in [1.807, 2.05) is 6.07 Å². The smallest absolute Gasteiger partial charge is 0.127 e. The zero-order chi connectivity index (χ0) is 7.56. The van der Waals surface area contributed by atoms with E-state index in [0.29, 0.717) is 10.8 Å². The number of hydrogen-bond acceptors (Lipinski definition) is 1. The molecule has 0 saturated heterocycles. The first-order chi connectivity index (χ1) is 4.74. The maximum Gasteiger partial charge on any atom is 0.127 e. The van der Waals surface area contributed by atoms with Gasteiger partial charge in [-0.25, -0.2) is 0 Å². The Kier molecular flexibility index (Phi) is 2.80. The van der Waals surface area contributed by atoms with Crippen molar-refractivity contribution in [1.82, 2.24) is 0 Å². The topological polar surface area (TPSA) is 9.23 Å². The summed E-state index contributed by atoms with van der Waals surface area (Å²) < 4.78 is 5.91. The van der Waals surface area contributed by atoms with E-state index >= 15 is 0 Å². The first-order valence-electron chi connectivity index (χ1n) is 2.65. The summed E-state index contributed by atoms with van der Waals surface area (Å²) in [4.78, 5) is 0. The lowest BCUT2D eigenvalue weighted by Crippen LogP contribution is -1.83. The van der Waals surface area contributed by atoms with Crippen molar-refractivity contribution >= 4 is 34.2 Å². The highest BCUT2D eigenvalue weighted by molar-refractivity contribution is 14.1. The summed E-state index contributed by atoms with van der Waals surface area (Å²) in [7, 11) is 1.61. The number of rotatable bonds is 1. The van der Waals surface area contributed by atoms with Gasteiger partial charge in [-0.15, -0.1) is 0 Å². The lowest BCUT2D eigenvalue weighted by Gasteiger charge is -1.99. The molecule has 1 aromatic rings. The zero-order valence-corrected chi connectivity index (χ0v) is 8.23. The number of halogens is 2. The maximum absolute atomic E-state index is 5.74. The van der Waals surface area contributed by atoms with Crippen LogP contribution in [-0.4, -0.2) is 7.11 Å². The summed E-state index contributed by atoms with van der Waals surface area (Å²) >= 11 is 7.88. The molecule has 1 aromatic carbocycles. The van der Waals surface area contributed by atoms with E-state index in [0.717, 1.165) is 3.57 Å². The minimum absolute atomic E-state index is 0.710. The van der Waals surface area contributed by atoms with E-state index in [1.165, 1.54) is 0 Å². The predicted molar refractivity (Wildman–Crippen MR) is 49.6 cm³/mol. The van der Waals surface area contributed by atoms with E-state index in [9.17, 15) is 0 Å². The molecule has 0 fully saturated rings. The highest BCUT2D eigenvalue weighted by Crippen LogP contribution is 2.22. The van der Waals surface area contributed by atoms with Crippen LogP contribution in [0.25, 0.3) is 0 Å². The average Bonchev–Trinajstić information content (AvgIpc) is 1.95. The van der Waals surface area contributed by atoms with Crippen molar-refractivity contribution < 1.29 is 4.74 Å². The van der Waals surface area contributed by atoms with Gasteiger partial charge in [0.2, 0.25) is 0 Å². The molecule has 0 saturated carbocycles. The molecule has 0 aliphatic rings. The van der Waals surface area contributed by atoms with E-state index in [-0.39, 0.29) is 0 Å². The molecule has 0 N–H and O–H groups in total. The minimum atomic E-state index is 0.710. The molecular weight excluding hydrogens is 262 g/mol. The Morgan fingerprint density at radius 1 is 1.70 bits per heavy atom. The molecule has 0 aliphatic heterocycles. The fourth-order valence-electron chi connectivity index (χ4n) is 0.547. The highest BCUT2D eigenvalue weighted by atomic mass is 127. The first kappa shape index (κ1) is 8.14. The van der Waals surface area contributed by atoms with Crippen LogP contribution in [0, 0.1) is 9.64 Å². The molecule has 0 aromatic heterocycles. The van der Waals surface area contributed by atoms with Crippen molar-refractivity contribution in [3.63, 3.8) is 0 Å². The van der Waals surface area contributed by atoms with Crippen LogP contribution in [0.15, 0.2) is 12.1 Å². The monoisotopic (exact) mass is 267 g/mol. The third-order valence-corrected chi connectivity index (χ3v) is 2.57. The van der Waals surface area contributed by atoms with E-state index in [2.05, 4.69) is 28.7 Å². The Labute approximate surface area is 78.5 Å². The van der Waals surface area contributed by atoms with Crippen LogP contribution in [0.5, 0.6) is 5.75 Å². The largest absolute Gasteiger partial charge is 0.496 e. The third kappa shape index (κ3) is 1.76. The molecular formula is C7H5ClIO. The first-order valence-corrected chi connectivity index (χ1v) is 4.10. The second-order valence-corrected chi connectivity index (χ2v) is 3.27. The van der Waals surface area contributed by atoms with Crippen molar-refractivity contribution in [2.75, 3.05) is 7.11 Å². The molecule has 0 unspecified atom stereocenters. The summed E-state index contributed by atoms with van der Waals surface area (Å²) in [5.41, 5.74) is 0. The van der Waals surface area contributed by atoms with Crippen LogP contribution < -0.4 is 4.74 Å². The normalized spacial score (nSPS) is 9.50. The Bertz CT molecular complexity index is 237. The molecule has 1 nitrogen and oxygen atoms in total. The van der Waals surface area contributed by atoms with Crippen LogP contribution in [0.4, 0.5) is 0 Å². The average molecular weight is 267 g/mol. The lowest BCUT2D eigenvalue weighted by molar-refractivity contribution is 0.413. The number of methoxy groups -OCH3 is 1. The van der Waals surface area contributed by atoms with Gasteiger partial charge in [-0.05, 0) is 34.7 Å². The molecule has 1 radical (unpaired) electrons. The summed E-state index contributed by atoms with van der Waals surface area (Å²) in [6, 6.07) is 6.40. The second-order valence-electron chi connectivity index (χ2n) is 1.70. The lowest BCUT2D eigenvalue weighted by atomic mass is 10.3. The van der Waals surface area contributed by atoms with Gasteiger partial charge in [0.1, 0.15) is 5.75 Å². The molecule has 0 bridgehead atoms. The van der Waals surface area contributed by atoms with Crippen LogP contribution in [-0.2, 0) is 0 Å². The van der Waals surface area contributed by atoms with Crippen molar-refractivity contribution in [2.24, 2.45) is 0 Å². The molecule has 0 aliphatic carbocycles. The molecule has 0 amide bonds. The molecule has 1 rings (SSSR count). The predicted octanol–water partition coefficient (Wildman–Crippen LogP) is 2.75. The van der Waals surface area contributed by atoms with Crippen LogP contribution >= 0.6 is 34.2 Å². The van der Waals surface area contributed by atoms with Gasteiger partial charge in [0.05, 0.1) is 12.1 Å². The summed E-state index contributed by atoms with van der Waals surface area (Å²) in [6.45, 7) is 0. The van der Waals surface area contributed by atoms with Gasteiger partial charge in [0, 0.05) is 9.64 Å². The Balaban J connectivity index is 3.04. The van der Waals surface area contributed by atoms with Crippen molar-refractivity contribution in [3.05, 3.63) is 26.8 Å². The SMILES string of the molecule is COc1[c]cc(Cl)c(I)c1. The minimum Gasteiger partial charge on any atom is -0.496 e. The number of benzene rings is 1. The van der Waals surface area contributed by atoms with Crippen molar-refractivity contribution in [3.8, 4) is 5.75 Å². The summed E-state index contributed by atoms with van der Waals surface area (Å²) in [5, 5.41) is 0.710. The summed E-state index contributed by atoms with van der Waals surface area (Å²) in [6.07, 6.45) is 0. The molecule has 0 atom stereocenters. The Morgan fingerprint density at radius 2 is 2.40 bits per heavy atom. The maximum atomic E-state index is 5.74. The quantitative estimate of drug-likeness (QED) is 0.711. The fourth-order valence-corrected chi connectivity index (χ4v) is 1.09. The van der Waals surface area contributed by atoms with Gasteiger partial charge in [-0.2, -0.15) is 0 Å². The number of ether oxygens (including phenoxy) is 1. The second kappa shape index (κ2) is 3.44. The zero-order valence-electron chi connectivity index (χ0n) is 5.32. The molecule has 3 heteroatoms. The van der Waals surface area contributed by atoms with Crippen molar-refractivity contribution in [2.45, 2.75) is 0 Å². The van der Waals surface area contributed by atoms with Gasteiger partial charge in [0.25, 0.3) is 0 Å². The van der Waals surface area contributed by atoms with Gasteiger partial charge < -0.3 is 4.74 Å². The van der Waals surface area contributed by atoms with Gasteiger partial charge >= 0.3 is 0 Å². The fraction of sp³-hybridized carbons (Fsp3) is 0.143. The van der Waals surface area contributed by atoms with Crippen LogP contribution in [0.3, 0.4) is 0 Å². The highest BCUT2D eigenvalue weighted by Gasteiger charge is 1.97. The summed E-state index contributed by atoms with van der Waals surface area (Å²) in [5.74, 6) is 0.716. The van der Waals surface area contributed by atoms with Gasteiger partial charge in [-0.3, -0.25) is 0 Å². The van der Waals surface area contributed by atoms with Crippen molar-refractivity contribution in [1.29, 1.82) is 0 Å². The van der Waals surface area contributed by atoms with Crippen LogP contribution in [0.2, 0.25) is 5.02 Å². The van der Waals surface area contributed by atoms with E-state index in [4.69, 9.17) is 16.3 Å². The molecule has 10 heavy (non-hydrogen) atoms. The molecule has 53 valence electrons. The third-order valence-electron chi connectivity index (χ3n) is 1.05. The molecule has 0 spiro atoms.